The van der Waals surface area contributed by atoms with Crippen molar-refractivity contribution in [3.8, 4) is 0 Å². The van der Waals surface area contributed by atoms with Gasteiger partial charge in [-0.1, -0.05) is 47.5 Å². The molecule has 0 saturated carbocycles. The van der Waals surface area contributed by atoms with Crippen LogP contribution in [0.2, 0.25) is 5.02 Å². The van der Waals surface area contributed by atoms with Crippen molar-refractivity contribution in [3.05, 3.63) is 75.8 Å². The Hall–Kier alpha value is -2.10. The van der Waals surface area contributed by atoms with E-state index in [0.717, 1.165) is 42.9 Å². The summed E-state index contributed by atoms with van der Waals surface area (Å²) in [7, 11) is 0. The molecule has 2 aromatic rings. The van der Waals surface area contributed by atoms with Gasteiger partial charge in [0.1, 0.15) is 0 Å². The number of hydrogen-bond acceptors (Lipinski definition) is 2. The van der Waals surface area contributed by atoms with Crippen molar-refractivity contribution in [1.29, 1.82) is 0 Å². The molecule has 0 aromatic heterocycles. The number of hydrogen-bond donors (Lipinski definition) is 1. The molecule has 1 aliphatic heterocycles. The summed E-state index contributed by atoms with van der Waals surface area (Å²) < 4.78 is 0. The first kappa shape index (κ1) is 17.7. The van der Waals surface area contributed by atoms with E-state index < -0.39 is 0 Å². The van der Waals surface area contributed by atoms with Crippen molar-refractivity contribution < 1.29 is 4.79 Å². The number of nitrogens with one attached hydrogen (secondary N) is 1. The summed E-state index contributed by atoms with van der Waals surface area (Å²) in [4.78, 5) is 14.8. The molecular formula is C21H23ClN2O. The van der Waals surface area contributed by atoms with Crippen LogP contribution in [-0.2, 0) is 11.3 Å². The van der Waals surface area contributed by atoms with E-state index in [4.69, 9.17) is 11.6 Å². The zero-order valence-corrected chi connectivity index (χ0v) is 15.4. The van der Waals surface area contributed by atoms with Crippen LogP contribution in [0.4, 0.5) is 5.69 Å². The zero-order chi connectivity index (χ0) is 17.8. The maximum Gasteiger partial charge on any atom is 0.251 e. The Morgan fingerprint density at radius 3 is 2.72 bits per heavy atom. The van der Waals surface area contributed by atoms with E-state index in [9.17, 15) is 4.79 Å². The molecule has 1 amide bonds. The summed E-state index contributed by atoms with van der Waals surface area (Å²) >= 11 is 5.96. The predicted octanol–water partition coefficient (Wildman–Crippen LogP) is 4.73. The monoisotopic (exact) mass is 354 g/mol. The fourth-order valence-electron chi connectivity index (χ4n) is 3.10. The lowest BCUT2D eigenvalue weighted by atomic mass is 10.1. The third-order valence-corrected chi connectivity index (χ3v) is 4.75. The first-order chi connectivity index (χ1) is 12.0. The zero-order valence-electron chi connectivity index (χ0n) is 14.7. The quantitative estimate of drug-likeness (QED) is 0.861. The van der Waals surface area contributed by atoms with Gasteiger partial charge in [0.25, 0.3) is 5.91 Å². The van der Waals surface area contributed by atoms with E-state index in [1.54, 1.807) is 6.07 Å². The lowest BCUT2D eigenvalue weighted by Gasteiger charge is -2.26. The van der Waals surface area contributed by atoms with E-state index in [2.05, 4.69) is 41.4 Å². The molecule has 4 heteroatoms. The van der Waals surface area contributed by atoms with Crippen LogP contribution in [0.25, 0.3) is 0 Å². The highest BCUT2D eigenvalue weighted by Gasteiger charge is 2.17. The lowest BCUT2D eigenvalue weighted by molar-refractivity contribution is -0.113. The van der Waals surface area contributed by atoms with Gasteiger partial charge in [-0.15, -0.1) is 0 Å². The van der Waals surface area contributed by atoms with Gasteiger partial charge < -0.3 is 5.32 Å². The van der Waals surface area contributed by atoms with Gasteiger partial charge in [0, 0.05) is 35.9 Å². The van der Waals surface area contributed by atoms with Crippen molar-refractivity contribution in [1.82, 2.24) is 4.90 Å². The Kier molecular flexibility index (Phi) is 5.57. The number of carbonyl (C=O) groups excluding carboxylic acids is 1. The second-order valence-corrected chi connectivity index (χ2v) is 7.05. The fourth-order valence-corrected chi connectivity index (χ4v) is 3.33. The summed E-state index contributed by atoms with van der Waals surface area (Å²) in [5.41, 5.74) is 5.24. The van der Waals surface area contributed by atoms with Crippen molar-refractivity contribution in [2.24, 2.45) is 0 Å². The van der Waals surface area contributed by atoms with Gasteiger partial charge in [-0.25, -0.2) is 0 Å². The second-order valence-electron chi connectivity index (χ2n) is 6.62. The molecule has 0 saturated heterocycles. The molecule has 1 heterocycles. The highest BCUT2D eigenvalue weighted by molar-refractivity contribution is 6.30. The topological polar surface area (TPSA) is 32.3 Å². The molecular weight excluding hydrogens is 332 g/mol. The van der Waals surface area contributed by atoms with Crippen LogP contribution in [0.5, 0.6) is 0 Å². The van der Waals surface area contributed by atoms with Crippen LogP contribution in [-0.4, -0.2) is 23.9 Å². The van der Waals surface area contributed by atoms with Gasteiger partial charge in [0.15, 0.2) is 0 Å². The van der Waals surface area contributed by atoms with Crippen LogP contribution in [0.3, 0.4) is 0 Å². The predicted molar refractivity (Wildman–Crippen MR) is 104 cm³/mol. The van der Waals surface area contributed by atoms with E-state index in [1.165, 1.54) is 11.1 Å². The molecule has 1 N–H and O–H groups in total. The minimum Gasteiger partial charge on any atom is -0.322 e. The fraction of sp³-hybridized carbons (Fsp3) is 0.286. The largest absolute Gasteiger partial charge is 0.322 e. The first-order valence-corrected chi connectivity index (χ1v) is 8.93. The lowest BCUT2D eigenvalue weighted by Crippen LogP contribution is -2.31. The number of benzene rings is 2. The molecule has 2 aromatic carbocycles. The van der Waals surface area contributed by atoms with E-state index in [0.29, 0.717) is 5.02 Å². The molecule has 0 unspecified atom stereocenters. The third-order valence-electron chi connectivity index (χ3n) is 4.51. The van der Waals surface area contributed by atoms with Gasteiger partial charge in [-0.05, 0) is 49.6 Å². The molecule has 3 rings (SSSR count). The minimum absolute atomic E-state index is 0.0133. The van der Waals surface area contributed by atoms with Crippen LogP contribution in [0.15, 0.2) is 54.1 Å². The van der Waals surface area contributed by atoms with Gasteiger partial charge in [-0.3, -0.25) is 9.69 Å². The molecule has 25 heavy (non-hydrogen) atoms. The van der Waals surface area contributed by atoms with Crippen molar-refractivity contribution >= 4 is 23.2 Å². The molecule has 0 aliphatic carbocycles. The smallest absolute Gasteiger partial charge is 0.251 e. The van der Waals surface area contributed by atoms with E-state index in [-0.39, 0.29) is 5.91 Å². The molecule has 0 atom stereocenters. The Morgan fingerprint density at radius 1 is 1.20 bits per heavy atom. The molecule has 0 spiro atoms. The molecule has 0 bridgehead atoms. The number of rotatable bonds is 4. The van der Waals surface area contributed by atoms with Gasteiger partial charge in [-0.2, -0.15) is 0 Å². The van der Waals surface area contributed by atoms with Crippen LogP contribution < -0.4 is 5.32 Å². The molecule has 130 valence electrons. The maximum absolute atomic E-state index is 12.5. The molecule has 3 nitrogen and oxygen atoms in total. The highest BCUT2D eigenvalue weighted by atomic mass is 35.5. The molecule has 0 fully saturated rings. The van der Waals surface area contributed by atoms with Gasteiger partial charge >= 0.3 is 0 Å². The minimum atomic E-state index is -0.0133. The summed E-state index contributed by atoms with van der Waals surface area (Å²) in [6.45, 7) is 6.67. The summed E-state index contributed by atoms with van der Waals surface area (Å²) in [5, 5.41) is 3.67. The second kappa shape index (κ2) is 7.85. The number of amides is 1. The number of carbonyl (C=O) groups is 1. The Morgan fingerprint density at radius 2 is 2.04 bits per heavy atom. The van der Waals surface area contributed by atoms with E-state index in [1.807, 2.05) is 25.1 Å². The first-order valence-electron chi connectivity index (χ1n) is 8.56. The van der Waals surface area contributed by atoms with Crippen molar-refractivity contribution in [2.75, 3.05) is 18.4 Å². The summed E-state index contributed by atoms with van der Waals surface area (Å²) in [5.74, 6) is -0.0133. The van der Waals surface area contributed by atoms with Gasteiger partial charge in [0.2, 0.25) is 0 Å². The normalized spacial score (nSPS) is 14.9. The Balaban J connectivity index is 1.59. The highest BCUT2D eigenvalue weighted by Crippen LogP contribution is 2.21. The van der Waals surface area contributed by atoms with Crippen LogP contribution in [0.1, 0.15) is 23.1 Å². The van der Waals surface area contributed by atoms with Gasteiger partial charge in [0.05, 0.1) is 0 Å². The maximum atomic E-state index is 12.5. The molecule has 0 radical (unpaired) electrons. The molecule has 1 aliphatic rings. The summed E-state index contributed by atoms with van der Waals surface area (Å²) in [6.07, 6.45) is 2.81. The number of nitrogens with zero attached hydrogens (tertiary/aromatic N) is 1. The van der Waals surface area contributed by atoms with Crippen LogP contribution >= 0.6 is 11.6 Å². The van der Waals surface area contributed by atoms with E-state index >= 15 is 0 Å². The SMILES string of the molecule is Cc1cccc(CN2CC=C(C(=O)Nc3ccc(Cl)cc3C)CC2)c1. The number of anilines is 1. The standard InChI is InChI=1S/C21H23ClN2O/c1-15-4-3-5-17(12-15)14-24-10-8-18(9-11-24)21(25)23-20-7-6-19(22)13-16(20)2/h3-8,12-13H,9-11,14H2,1-2H3,(H,23,25). The average molecular weight is 355 g/mol. The number of halogens is 1. The third kappa shape index (κ3) is 4.71. The number of aryl methyl sites for hydroxylation is 2. The Labute approximate surface area is 154 Å². The van der Waals surface area contributed by atoms with Crippen LogP contribution in [0, 0.1) is 13.8 Å². The average Bonchev–Trinajstić information content (AvgIpc) is 2.58. The van der Waals surface area contributed by atoms with Crippen molar-refractivity contribution in [3.63, 3.8) is 0 Å². The summed E-state index contributed by atoms with van der Waals surface area (Å²) in [6, 6.07) is 14.1. The van der Waals surface area contributed by atoms with Crippen molar-refractivity contribution in [2.45, 2.75) is 26.8 Å². The Bertz CT molecular complexity index is 813.